The van der Waals surface area contributed by atoms with E-state index in [0.29, 0.717) is 24.3 Å². The summed E-state index contributed by atoms with van der Waals surface area (Å²) in [5.41, 5.74) is 3.74. The van der Waals surface area contributed by atoms with Gasteiger partial charge in [0.15, 0.2) is 6.29 Å². The molecule has 1 atom stereocenters. The topological polar surface area (TPSA) is 105 Å². The molecule has 1 unspecified atom stereocenters. The van der Waals surface area contributed by atoms with Crippen molar-refractivity contribution in [1.29, 1.82) is 0 Å². The Morgan fingerprint density at radius 2 is 1.41 bits per heavy atom. The van der Waals surface area contributed by atoms with Gasteiger partial charge in [-0.25, -0.2) is 0 Å². The molecule has 164 valence electrons. The van der Waals surface area contributed by atoms with Gasteiger partial charge in [-0.3, -0.25) is 20.2 Å². The zero-order valence-electron chi connectivity index (χ0n) is 17.3. The Balaban J connectivity index is 1.72. The quantitative estimate of drug-likeness (QED) is 0.340. The van der Waals surface area contributed by atoms with Crippen LogP contribution in [0.15, 0.2) is 66.7 Å². The minimum absolute atomic E-state index is 0.00309. The molecule has 1 saturated heterocycles. The predicted octanol–water partition coefficient (Wildman–Crippen LogP) is 5.88. The van der Waals surface area contributed by atoms with Crippen LogP contribution < -0.4 is 0 Å². The van der Waals surface area contributed by atoms with Crippen molar-refractivity contribution in [2.75, 3.05) is 6.61 Å². The molecule has 0 radical (unpaired) electrons. The van der Waals surface area contributed by atoms with E-state index in [9.17, 15) is 20.2 Å². The highest BCUT2D eigenvalue weighted by Crippen LogP contribution is 2.32. The van der Waals surface area contributed by atoms with Crippen LogP contribution in [0.5, 0.6) is 0 Å². The lowest BCUT2D eigenvalue weighted by Crippen LogP contribution is -2.22. The van der Waals surface area contributed by atoms with E-state index in [1.165, 1.54) is 24.3 Å². The summed E-state index contributed by atoms with van der Waals surface area (Å²) >= 11 is 0. The van der Waals surface area contributed by atoms with Crippen LogP contribution in [0.4, 0.5) is 11.4 Å². The first kappa shape index (κ1) is 21.6. The number of benzene rings is 3. The van der Waals surface area contributed by atoms with Gasteiger partial charge in [0.2, 0.25) is 0 Å². The molecule has 32 heavy (non-hydrogen) atoms. The standard InChI is InChI=1S/C24H22N2O6/c27-25(28)22-7-3-5-18(14-22)20-11-17(16-32-24-9-1-2-10-31-24)12-21(13-20)19-6-4-8-23(15-19)26(29)30/h3-8,11-15,24H,1-2,9-10,16H2. The number of ether oxygens (including phenoxy) is 2. The van der Waals surface area contributed by atoms with Crippen molar-refractivity contribution in [3.05, 3.63) is 92.5 Å². The zero-order chi connectivity index (χ0) is 22.5. The van der Waals surface area contributed by atoms with Gasteiger partial charge in [0.25, 0.3) is 11.4 Å². The van der Waals surface area contributed by atoms with Gasteiger partial charge in [-0.05, 0) is 65.3 Å². The average Bonchev–Trinajstić information content (AvgIpc) is 2.83. The van der Waals surface area contributed by atoms with Crippen molar-refractivity contribution >= 4 is 11.4 Å². The molecule has 4 rings (SSSR count). The van der Waals surface area contributed by atoms with E-state index >= 15 is 0 Å². The lowest BCUT2D eigenvalue weighted by atomic mass is 9.96. The van der Waals surface area contributed by atoms with Gasteiger partial charge in [-0.15, -0.1) is 0 Å². The summed E-state index contributed by atoms with van der Waals surface area (Å²) in [7, 11) is 0. The molecule has 3 aromatic carbocycles. The third-order valence-corrected chi connectivity index (χ3v) is 5.35. The molecule has 0 bridgehead atoms. The molecular weight excluding hydrogens is 412 g/mol. The average molecular weight is 434 g/mol. The Kier molecular flexibility index (Phi) is 6.53. The van der Waals surface area contributed by atoms with E-state index in [1.54, 1.807) is 24.3 Å². The molecule has 0 aliphatic carbocycles. The third-order valence-electron chi connectivity index (χ3n) is 5.35. The largest absolute Gasteiger partial charge is 0.353 e. The van der Waals surface area contributed by atoms with E-state index in [0.717, 1.165) is 36.0 Å². The summed E-state index contributed by atoms with van der Waals surface area (Å²) < 4.78 is 11.6. The van der Waals surface area contributed by atoms with Crippen LogP contribution in [0, 0.1) is 20.2 Å². The maximum absolute atomic E-state index is 11.2. The Hall–Kier alpha value is -3.62. The lowest BCUT2D eigenvalue weighted by molar-refractivity contribution is -0.385. The maximum atomic E-state index is 11.2. The second-order valence-corrected chi connectivity index (χ2v) is 7.64. The second-order valence-electron chi connectivity index (χ2n) is 7.64. The van der Waals surface area contributed by atoms with Gasteiger partial charge in [-0.1, -0.05) is 24.3 Å². The van der Waals surface area contributed by atoms with E-state index < -0.39 is 9.85 Å². The van der Waals surface area contributed by atoms with Crippen molar-refractivity contribution in [2.45, 2.75) is 32.2 Å². The number of non-ortho nitro benzene ring substituents is 2. The van der Waals surface area contributed by atoms with Crippen molar-refractivity contribution in [2.24, 2.45) is 0 Å². The van der Waals surface area contributed by atoms with Gasteiger partial charge in [0.1, 0.15) is 0 Å². The van der Waals surface area contributed by atoms with Crippen LogP contribution in [0.1, 0.15) is 24.8 Å². The van der Waals surface area contributed by atoms with Crippen molar-refractivity contribution in [1.82, 2.24) is 0 Å². The Labute approximate surface area is 184 Å². The molecule has 0 N–H and O–H groups in total. The van der Waals surface area contributed by atoms with Gasteiger partial charge < -0.3 is 9.47 Å². The molecule has 8 heteroatoms. The van der Waals surface area contributed by atoms with Crippen LogP contribution in [0.25, 0.3) is 22.3 Å². The summed E-state index contributed by atoms with van der Waals surface area (Å²) in [6, 6.07) is 18.5. The van der Waals surface area contributed by atoms with Gasteiger partial charge >= 0.3 is 0 Å². The molecule has 1 fully saturated rings. The molecule has 0 aromatic heterocycles. The highest BCUT2D eigenvalue weighted by Gasteiger charge is 2.16. The summed E-state index contributed by atoms with van der Waals surface area (Å²) in [6.07, 6.45) is 2.66. The fourth-order valence-corrected chi connectivity index (χ4v) is 3.74. The molecule has 8 nitrogen and oxygen atoms in total. The molecule has 1 aliphatic rings. The third kappa shape index (κ3) is 5.16. The van der Waals surface area contributed by atoms with Crippen LogP contribution in [0.2, 0.25) is 0 Å². The van der Waals surface area contributed by atoms with E-state index in [4.69, 9.17) is 9.47 Å². The van der Waals surface area contributed by atoms with Gasteiger partial charge in [0, 0.05) is 30.9 Å². The summed E-state index contributed by atoms with van der Waals surface area (Å²) in [5, 5.41) is 22.5. The van der Waals surface area contributed by atoms with Crippen molar-refractivity contribution in [3.8, 4) is 22.3 Å². The van der Waals surface area contributed by atoms with Crippen LogP contribution in [-0.4, -0.2) is 22.7 Å². The molecule has 0 spiro atoms. The first-order valence-corrected chi connectivity index (χ1v) is 10.4. The molecule has 1 heterocycles. The van der Waals surface area contributed by atoms with Gasteiger partial charge in [-0.2, -0.15) is 0 Å². The SMILES string of the molecule is O=[N+]([O-])c1cccc(-c2cc(COC3CCCCO3)cc(-c3cccc([N+](=O)[O-])c3)c2)c1. The van der Waals surface area contributed by atoms with Crippen LogP contribution >= 0.6 is 0 Å². The highest BCUT2D eigenvalue weighted by molar-refractivity contribution is 5.76. The maximum Gasteiger partial charge on any atom is 0.270 e. The highest BCUT2D eigenvalue weighted by atomic mass is 16.7. The first-order valence-electron chi connectivity index (χ1n) is 10.4. The Morgan fingerprint density at radius 3 is 1.91 bits per heavy atom. The number of nitro benzene ring substituents is 2. The first-order chi connectivity index (χ1) is 15.5. The fraction of sp³-hybridized carbons (Fsp3) is 0.250. The summed E-state index contributed by atoms with van der Waals surface area (Å²) in [5.74, 6) is 0. The molecule has 0 amide bonds. The van der Waals surface area contributed by atoms with Crippen molar-refractivity contribution in [3.63, 3.8) is 0 Å². The monoisotopic (exact) mass is 434 g/mol. The second kappa shape index (κ2) is 9.67. The van der Waals surface area contributed by atoms with E-state index in [-0.39, 0.29) is 17.7 Å². The Morgan fingerprint density at radius 1 is 0.812 bits per heavy atom. The predicted molar refractivity (Wildman–Crippen MR) is 119 cm³/mol. The lowest BCUT2D eigenvalue weighted by Gasteiger charge is -2.23. The fourth-order valence-electron chi connectivity index (χ4n) is 3.74. The zero-order valence-corrected chi connectivity index (χ0v) is 17.3. The number of hydrogen-bond donors (Lipinski definition) is 0. The number of rotatable bonds is 7. The molecular formula is C24H22N2O6. The minimum Gasteiger partial charge on any atom is -0.353 e. The minimum atomic E-state index is -0.432. The molecule has 3 aromatic rings. The molecule has 1 aliphatic heterocycles. The smallest absolute Gasteiger partial charge is 0.270 e. The van der Waals surface area contributed by atoms with Crippen molar-refractivity contribution < 1.29 is 19.3 Å². The summed E-state index contributed by atoms with van der Waals surface area (Å²) in [4.78, 5) is 21.6. The molecule has 0 saturated carbocycles. The Bertz CT molecular complexity index is 1070. The van der Waals surface area contributed by atoms with Gasteiger partial charge in [0.05, 0.1) is 16.5 Å². The number of nitro groups is 2. The van der Waals surface area contributed by atoms with E-state index in [1.807, 2.05) is 18.2 Å². The van der Waals surface area contributed by atoms with Crippen LogP contribution in [0.3, 0.4) is 0 Å². The summed E-state index contributed by atoms with van der Waals surface area (Å²) in [6.45, 7) is 0.979. The number of hydrogen-bond acceptors (Lipinski definition) is 6. The van der Waals surface area contributed by atoms with E-state index in [2.05, 4.69) is 0 Å². The van der Waals surface area contributed by atoms with Crippen LogP contribution in [-0.2, 0) is 16.1 Å². The number of nitrogens with zero attached hydrogens (tertiary/aromatic N) is 2. The normalized spacial score (nSPS) is 15.9.